The molecule has 1 heteroatoms. The van der Waals surface area contributed by atoms with E-state index in [1.54, 1.807) is 0 Å². The molecule has 1 heterocycles. The van der Waals surface area contributed by atoms with Crippen LogP contribution in [-0.2, 0) is 6.54 Å². The van der Waals surface area contributed by atoms with Gasteiger partial charge in [-0.3, -0.25) is 0 Å². The Hall–Kier alpha value is -1.63. The van der Waals surface area contributed by atoms with Crippen LogP contribution >= 0.6 is 0 Å². The monoisotopic (exact) mass is 226 g/mol. The highest BCUT2D eigenvalue weighted by Crippen LogP contribution is 2.16. The van der Waals surface area contributed by atoms with Crippen LogP contribution in [0.15, 0.2) is 54.9 Å². The Labute approximate surface area is 104 Å². The van der Waals surface area contributed by atoms with Crippen molar-refractivity contribution in [2.45, 2.75) is 32.7 Å². The molecule has 2 rings (SSSR count). The first-order chi connectivity index (χ1) is 8.40. The third-order valence-corrected chi connectivity index (χ3v) is 3.02. The van der Waals surface area contributed by atoms with Gasteiger partial charge in [0, 0.05) is 18.6 Å². The second kappa shape index (κ2) is 6.19. The van der Waals surface area contributed by atoms with E-state index in [2.05, 4.69) is 66.3 Å². The average molecular weight is 226 g/mol. The van der Waals surface area contributed by atoms with E-state index in [1.165, 1.54) is 30.4 Å². The first kappa shape index (κ1) is 11.8. The van der Waals surface area contributed by atoms with E-state index >= 15 is 0 Å². The van der Waals surface area contributed by atoms with Gasteiger partial charge in [-0.25, -0.2) is 4.57 Å². The number of unbranched alkanes of at least 4 members (excludes halogenated alkanes) is 2. The van der Waals surface area contributed by atoms with Gasteiger partial charge < -0.3 is 0 Å². The fraction of sp³-hybridized carbons (Fsp3) is 0.312. The van der Waals surface area contributed by atoms with E-state index in [4.69, 9.17) is 0 Å². The third-order valence-electron chi connectivity index (χ3n) is 3.02. The van der Waals surface area contributed by atoms with Gasteiger partial charge in [0.05, 0.1) is 0 Å². The quantitative estimate of drug-likeness (QED) is 0.539. The lowest BCUT2D eigenvalue weighted by molar-refractivity contribution is -0.697. The number of benzene rings is 1. The summed E-state index contributed by atoms with van der Waals surface area (Å²) < 4.78 is 2.27. The van der Waals surface area contributed by atoms with E-state index in [0.29, 0.717) is 0 Å². The molecule has 0 saturated carbocycles. The van der Waals surface area contributed by atoms with Crippen LogP contribution in [-0.4, -0.2) is 0 Å². The number of aryl methyl sites for hydroxylation is 1. The third kappa shape index (κ3) is 3.42. The van der Waals surface area contributed by atoms with Crippen LogP contribution in [0.4, 0.5) is 0 Å². The average Bonchev–Trinajstić information content (AvgIpc) is 2.41. The second-order valence-corrected chi connectivity index (χ2v) is 4.40. The molecule has 0 radical (unpaired) electrons. The molecular weight excluding hydrogens is 206 g/mol. The Morgan fingerprint density at radius 1 is 0.824 bits per heavy atom. The molecule has 0 spiro atoms. The molecular formula is C16H20N+. The molecule has 0 atom stereocenters. The predicted octanol–water partition coefficient (Wildman–Crippen LogP) is 3.83. The predicted molar refractivity (Wildman–Crippen MR) is 71.6 cm³/mol. The topological polar surface area (TPSA) is 3.88 Å². The van der Waals surface area contributed by atoms with Crippen LogP contribution in [0.1, 0.15) is 26.2 Å². The Balaban J connectivity index is 2.03. The van der Waals surface area contributed by atoms with Gasteiger partial charge in [0.15, 0.2) is 12.4 Å². The summed E-state index contributed by atoms with van der Waals surface area (Å²) in [6.45, 7) is 3.37. The van der Waals surface area contributed by atoms with Crippen molar-refractivity contribution in [2.24, 2.45) is 0 Å². The van der Waals surface area contributed by atoms with Crippen molar-refractivity contribution in [3.63, 3.8) is 0 Å². The van der Waals surface area contributed by atoms with Gasteiger partial charge in [0.25, 0.3) is 0 Å². The molecule has 0 aliphatic rings. The molecule has 1 aromatic heterocycles. The van der Waals surface area contributed by atoms with Crippen molar-refractivity contribution < 1.29 is 4.57 Å². The lowest BCUT2D eigenvalue weighted by atomic mass is 10.1. The smallest absolute Gasteiger partial charge is 0.169 e. The second-order valence-electron chi connectivity index (χ2n) is 4.40. The maximum atomic E-state index is 2.27. The van der Waals surface area contributed by atoms with Crippen molar-refractivity contribution in [2.75, 3.05) is 0 Å². The normalized spacial score (nSPS) is 10.4. The molecule has 0 N–H and O–H groups in total. The summed E-state index contributed by atoms with van der Waals surface area (Å²) in [7, 11) is 0. The lowest BCUT2D eigenvalue weighted by Gasteiger charge is -2.00. The molecule has 0 fully saturated rings. The highest BCUT2D eigenvalue weighted by molar-refractivity contribution is 5.61. The molecule has 2 aromatic rings. The Morgan fingerprint density at radius 3 is 2.12 bits per heavy atom. The molecule has 88 valence electrons. The molecule has 0 saturated heterocycles. The van der Waals surface area contributed by atoms with Crippen LogP contribution in [0.5, 0.6) is 0 Å². The maximum absolute atomic E-state index is 2.27. The number of nitrogens with zero attached hydrogens (tertiary/aromatic N) is 1. The van der Waals surface area contributed by atoms with Gasteiger partial charge in [-0.15, -0.1) is 0 Å². The van der Waals surface area contributed by atoms with E-state index in [9.17, 15) is 0 Å². The van der Waals surface area contributed by atoms with Crippen LogP contribution in [0.3, 0.4) is 0 Å². The minimum atomic E-state index is 1.13. The number of aromatic nitrogens is 1. The van der Waals surface area contributed by atoms with Crippen molar-refractivity contribution in [3.8, 4) is 11.1 Å². The highest BCUT2D eigenvalue weighted by Gasteiger charge is 2.01. The van der Waals surface area contributed by atoms with Crippen molar-refractivity contribution >= 4 is 0 Å². The molecule has 17 heavy (non-hydrogen) atoms. The number of hydrogen-bond acceptors (Lipinski definition) is 0. The summed E-state index contributed by atoms with van der Waals surface area (Å²) in [6, 6.07) is 14.9. The zero-order valence-electron chi connectivity index (χ0n) is 10.5. The minimum absolute atomic E-state index is 1.13. The number of pyridine rings is 1. The van der Waals surface area contributed by atoms with Gasteiger partial charge in [0.1, 0.15) is 6.54 Å². The zero-order chi connectivity index (χ0) is 11.9. The van der Waals surface area contributed by atoms with E-state index in [0.717, 1.165) is 6.54 Å². The summed E-state index contributed by atoms with van der Waals surface area (Å²) in [6.07, 6.45) is 8.22. The highest BCUT2D eigenvalue weighted by atomic mass is 14.9. The van der Waals surface area contributed by atoms with E-state index in [1.807, 2.05) is 0 Å². The SMILES string of the molecule is CCCCC[n+]1ccc(-c2ccccc2)cc1. The first-order valence-electron chi connectivity index (χ1n) is 6.44. The fourth-order valence-electron chi connectivity index (χ4n) is 1.97. The van der Waals surface area contributed by atoms with Gasteiger partial charge in [-0.1, -0.05) is 43.7 Å². The fourth-order valence-corrected chi connectivity index (χ4v) is 1.97. The van der Waals surface area contributed by atoms with Crippen LogP contribution in [0.25, 0.3) is 11.1 Å². The maximum Gasteiger partial charge on any atom is 0.169 e. The summed E-state index contributed by atoms with van der Waals surface area (Å²) in [4.78, 5) is 0. The Kier molecular flexibility index (Phi) is 4.31. The summed E-state index contributed by atoms with van der Waals surface area (Å²) in [5, 5.41) is 0. The first-order valence-corrected chi connectivity index (χ1v) is 6.44. The molecule has 1 nitrogen and oxygen atoms in total. The summed E-state index contributed by atoms with van der Waals surface area (Å²) in [5.41, 5.74) is 2.57. The van der Waals surface area contributed by atoms with Gasteiger partial charge in [-0.2, -0.15) is 0 Å². The van der Waals surface area contributed by atoms with Gasteiger partial charge >= 0.3 is 0 Å². The molecule has 0 unspecified atom stereocenters. The Bertz CT molecular complexity index is 431. The largest absolute Gasteiger partial charge is 0.205 e. The summed E-state index contributed by atoms with van der Waals surface area (Å²) >= 11 is 0. The molecule has 0 amide bonds. The van der Waals surface area contributed by atoms with E-state index < -0.39 is 0 Å². The molecule has 0 bridgehead atoms. The van der Waals surface area contributed by atoms with Gasteiger partial charge in [0.2, 0.25) is 0 Å². The molecule has 1 aromatic carbocycles. The molecule has 0 aliphatic heterocycles. The Morgan fingerprint density at radius 2 is 1.47 bits per heavy atom. The van der Waals surface area contributed by atoms with Crippen molar-refractivity contribution in [1.29, 1.82) is 0 Å². The van der Waals surface area contributed by atoms with Crippen LogP contribution in [0, 0.1) is 0 Å². The van der Waals surface area contributed by atoms with Crippen LogP contribution in [0.2, 0.25) is 0 Å². The van der Waals surface area contributed by atoms with Crippen molar-refractivity contribution in [1.82, 2.24) is 0 Å². The number of rotatable bonds is 5. The van der Waals surface area contributed by atoms with Gasteiger partial charge in [-0.05, 0) is 17.5 Å². The summed E-state index contributed by atoms with van der Waals surface area (Å²) in [5.74, 6) is 0. The standard InChI is InChI=1S/C16H20N/c1-2-3-7-12-17-13-10-16(11-14-17)15-8-5-4-6-9-15/h4-6,8-11,13-14H,2-3,7,12H2,1H3/q+1. The van der Waals surface area contributed by atoms with Crippen molar-refractivity contribution in [3.05, 3.63) is 54.9 Å². The zero-order valence-corrected chi connectivity index (χ0v) is 10.5. The van der Waals surface area contributed by atoms with Crippen LogP contribution < -0.4 is 4.57 Å². The molecule has 0 aliphatic carbocycles. The minimum Gasteiger partial charge on any atom is -0.205 e. The lowest BCUT2D eigenvalue weighted by Crippen LogP contribution is -2.32. The van der Waals surface area contributed by atoms with E-state index in [-0.39, 0.29) is 0 Å². The number of hydrogen-bond donors (Lipinski definition) is 0.